The molecule has 3 heteroatoms. The highest BCUT2D eigenvalue weighted by molar-refractivity contribution is 5.45. The van der Waals surface area contributed by atoms with Crippen molar-refractivity contribution in [3.05, 3.63) is 29.8 Å². The Morgan fingerprint density at radius 1 is 1.14 bits per heavy atom. The number of halogens is 2. The second-order valence-corrected chi connectivity index (χ2v) is 3.80. The lowest BCUT2D eigenvalue weighted by Gasteiger charge is -2.19. The summed E-state index contributed by atoms with van der Waals surface area (Å²) in [6, 6.07) is 3.53. The molecule has 0 fully saturated rings. The maximum Gasteiger partial charge on any atom is 0.146 e. The molecule has 0 amide bonds. The average molecular weight is 199 g/mol. The Balaban J connectivity index is 2.80. The average Bonchev–Trinajstić information content (AvgIpc) is 2.11. The number of hydrogen-bond donors (Lipinski definition) is 1. The number of anilines is 1. The molecule has 0 saturated heterocycles. The van der Waals surface area contributed by atoms with Gasteiger partial charge in [0.05, 0.1) is 5.69 Å². The molecule has 0 unspecified atom stereocenters. The van der Waals surface area contributed by atoms with Gasteiger partial charge in [0.25, 0.3) is 0 Å². The Hall–Kier alpha value is -1.12. The van der Waals surface area contributed by atoms with E-state index in [1.165, 1.54) is 6.07 Å². The Morgan fingerprint density at radius 2 is 1.79 bits per heavy atom. The summed E-state index contributed by atoms with van der Waals surface area (Å²) in [4.78, 5) is 0. The Kier molecular flexibility index (Phi) is 3.44. The van der Waals surface area contributed by atoms with Gasteiger partial charge in [-0.25, -0.2) is 8.78 Å². The molecule has 1 aromatic rings. The number of rotatable bonds is 3. The van der Waals surface area contributed by atoms with Crippen molar-refractivity contribution in [1.29, 1.82) is 0 Å². The molecule has 1 rings (SSSR count). The molecule has 14 heavy (non-hydrogen) atoms. The molecule has 78 valence electrons. The molecule has 1 N–H and O–H groups in total. The maximum absolute atomic E-state index is 13.2. The van der Waals surface area contributed by atoms with E-state index in [1.54, 1.807) is 0 Å². The molecule has 1 aromatic carbocycles. The fraction of sp³-hybridized carbons (Fsp3) is 0.455. The largest absolute Gasteiger partial charge is 0.380 e. The van der Waals surface area contributed by atoms with Crippen LogP contribution < -0.4 is 5.32 Å². The topological polar surface area (TPSA) is 12.0 Å². The summed E-state index contributed by atoms with van der Waals surface area (Å²) in [5.74, 6) is -0.471. The van der Waals surface area contributed by atoms with Gasteiger partial charge < -0.3 is 5.32 Å². The van der Waals surface area contributed by atoms with E-state index in [9.17, 15) is 8.78 Å². The minimum atomic E-state index is -0.426. The van der Waals surface area contributed by atoms with Crippen molar-refractivity contribution in [3.63, 3.8) is 0 Å². The minimum absolute atomic E-state index is 0.117. The highest BCUT2D eigenvalue weighted by atomic mass is 19.1. The molecule has 0 aliphatic rings. The first kappa shape index (κ1) is 11.0. The zero-order valence-electron chi connectivity index (χ0n) is 8.64. The predicted octanol–water partition coefficient (Wildman–Crippen LogP) is 3.42. The van der Waals surface area contributed by atoms with E-state index < -0.39 is 11.6 Å². The first-order chi connectivity index (χ1) is 6.50. The van der Waals surface area contributed by atoms with E-state index >= 15 is 0 Å². The van der Waals surface area contributed by atoms with Gasteiger partial charge in [-0.2, -0.15) is 0 Å². The molecule has 0 bridgehead atoms. The van der Waals surface area contributed by atoms with Crippen molar-refractivity contribution in [3.8, 4) is 0 Å². The van der Waals surface area contributed by atoms with Crippen molar-refractivity contribution >= 4 is 5.69 Å². The number of hydrogen-bond acceptors (Lipinski definition) is 1. The summed E-state index contributed by atoms with van der Waals surface area (Å²) in [6.45, 7) is 5.98. The summed E-state index contributed by atoms with van der Waals surface area (Å²) in [7, 11) is 0. The molecule has 0 heterocycles. The molecule has 0 aliphatic heterocycles. The van der Waals surface area contributed by atoms with Crippen LogP contribution in [0.2, 0.25) is 0 Å². The second-order valence-electron chi connectivity index (χ2n) is 3.80. The van der Waals surface area contributed by atoms with Gasteiger partial charge in [0.15, 0.2) is 0 Å². The van der Waals surface area contributed by atoms with Crippen LogP contribution >= 0.6 is 0 Å². The highest BCUT2D eigenvalue weighted by Gasteiger charge is 2.10. The number of benzene rings is 1. The first-order valence-electron chi connectivity index (χ1n) is 4.72. The van der Waals surface area contributed by atoms with Crippen LogP contribution in [0.1, 0.15) is 20.8 Å². The van der Waals surface area contributed by atoms with E-state index in [0.717, 1.165) is 12.1 Å². The van der Waals surface area contributed by atoms with Gasteiger partial charge in [0, 0.05) is 6.04 Å². The molecular weight excluding hydrogens is 184 g/mol. The summed E-state index contributed by atoms with van der Waals surface area (Å²) in [6.07, 6.45) is 0. The van der Waals surface area contributed by atoms with Crippen molar-refractivity contribution in [1.82, 2.24) is 0 Å². The lowest BCUT2D eigenvalue weighted by molar-refractivity contribution is 0.549. The molecule has 0 spiro atoms. The Bertz CT molecular complexity index is 310. The van der Waals surface area contributed by atoms with Gasteiger partial charge in [0.2, 0.25) is 0 Å². The molecule has 1 atom stereocenters. The lowest BCUT2D eigenvalue weighted by atomic mass is 10.1. The molecular formula is C11H15F2N. The van der Waals surface area contributed by atoms with Gasteiger partial charge >= 0.3 is 0 Å². The molecule has 1 nitrogen and oxygen atoms in total. The van der Waals surface area contributed by atoms with Gasteiger partial charge in [-0.05, 0) is 31.0 Å². The summed E-state index contributed by atoms with van der Waals surface area (Å²) < 4.78 is 26.0. The molecule has 0 saturated carbocycles. The summed E-state index contributed by atoms with van der Waals surface area (Å²) in [5, 5.41) is 2.94. The zero-order valence-corrected chi connectivity index (χ0v) is 8.64. The summed E-state index contributed by atoms with van der Waals surface area (Å²) >= 11 is 0. The Morgan fingerprint density at radius 3 is 2.36 bits per heavy atom. The molecule has 0 aliphatic carbocycles. The lowest BCUT2D eigenvalue weighted by Crippen LogP contribution is -2.22. The predicted molar refractivity (Wildman–Crippen MR) is 54.3 cm³/mol. The SMILES string of the molecule is CC(C)[C@H](C)Nc1cc(F)ccc1F. The van der Waals surface area contributed by atoms with Crippen LogP contribution in [0.3, 0.4) is 0 Å². The fourth-order valence-corrected chi connectivity index (χ4v) is 1.02. The van der Waals surface area contributed by atoms with E-state index in [0.29, 0.717) is 5.92 Å². The quantitative estimate of drug-likeness (QED) is 0.786. The third-order valence-electron chi connectivity index (χ3n) is 2.31. The molecule has 0 radical (unpaired) electrons. The smallest absolute Gasteiger partial charge is 0.146 e. The van der Waals surface area contributed by atoms with Gasteiger partial charge in [0.1, 0.15) is 11.6 Å². The van der Waals surface area contributed by atoms with E-state index in [2.05, 4.69) is 5.32 Å². The van der Waals surface area contributed by atoms with Gasteiger partial charge in [-0.1, -0.05) is 13.8 Å². The third kappa shape index (κ3) is 2.69. The van der Waals surface area contributed by atoms with E-state index in [4.69, 9.17) is 0 Å². The molecule has 0 aromatic heterocycles. The van der Waals surface area contributed by atoms with Gasteiger partial charge in [-0.15, -0.1) is 0 Å². The second kappa shape index (κ2) is 4.40. The zero-order chi connectivity index (χ0) is 10.7. The van der Waals surface area contributed by atoms with E-state index in [1.807, 2.05) is 20.8 Å². The van der Waals surface area contributed by atoms with Crippen LogP contribution in [0.25, 0.3) is 0 Å². The minimum Gasteiger partial charge on any atom is -0.380 e. The standard InChI is InChI=1S/C11H15F2N/c1-7(2)8(3)14-11-6-9(12)4-5-10(11)13/h4-8,14H,1-3H3/t8-/m0/s1. The van der Waals surface area contributed by atoms with Crippen LogP contribution in [0.5, 0.6) is 0 Å². The summed E-state index contributed by atoms with van der Waals surface area (Å²) in [5.41, 5.74) is 0.228. The van der Waals surface area contributed by atoms with Crippen LogP contribution in [0.4, 0.5) is 14.5 Å². The normalized spacial score (nSPS) is 13.0. The van der Waals surface area contributed by atoms with Crippen LogP contribution in [-0.2, 0) is 0 Å². The highest BCUT2D eigenvalue weighted by Crippen LogP contribution is 2.18. The maximum atomic E-state index is 13.2. The first-order valence-corrected chi connectivity index (χ1v) is 4.72. The van der Waals surface area contributed by atoms with Gasteiger partial charge in [-0.3, -0.25) is 0 Å². The van der Waals surface area contributed by atoms with Crippen molar-refractivity contribution in [2.24, 2.45) is 5.92 Å². The monoisotopic (exact) mass is 199 g/mol. The van der Waals surface area contributed by atoms with Crippen molar-refractivity contribution in [2.45, 2.75) is 26.8 Å². The Labute approximate surface area is 83.1 Å². The van der Waals surface area contributed by atoms with Crippen LogP contribution in [0.15, 0.2) is 18.2 Å². The van der Waals surface area contributed by atoms with Crippen LogP contribution in [0, 0.1) is 17.6 Å². The fourth-order valence-electron chi connectivity index (χ4n) is 1.02. The van der Waals surface area contributed by atoms with E-state index in [-0.39, 0.29) is 11.7 Å². The number of nitrogens with one attached hydrogen (secondary N) is 1. The van der Waals surface area contributed by atoms with Crippen molar-refractivity contribution in [2.75, 3.05) is 5.32 Å². The van der Waals surface area contributed by atoms with Crippen molar-refractivity contribution < 1.29 is 8.78 Å². The van der Waals surface area contributed by atoms with Crippen LogP contribution in [-0.4, -0.2) is 6.04 Å². The third-order valence-corrected chi connectivity index (χ3v) is 2.31.